The second-order valence-corrected chi connectivity index (χ2v) is 5.83. The normalized spacial score (nSPS) is 17.2. The Balaban J connectivity index is 2.19. The Bertz CT molecular complexity index is 634. The zero-order chi connectivity index (χ0) is 14.1. The van der Waals surface area contributed by atoms with Gasteiger partial charge in [-0.25, -0.2) is 4.79 Å². The van der Waals surface area contributed by atoms with E-state index in [4.69, 9.17) is 0 Å². The summed E-state index contributed by atoms with van der Waals surface area (Å²) in [6.45, 7) is 0. The quantitative estimate of drug-likeness (QED) is 0.827. The van der Waals surface area contributed by atoms with Crippen LogP contribution in [-0.4, -0.2) is 15.6 Å². The van der Waals surface area contributed by atoms with Crippen LogP contribution in [0.2, 0.25) is 0 Å². The van der Waals surface area contributed by atoms with E-state index in [2.05, 4.69) is 4.57 Å². The summed E-state index contributed by atoms with van der Waals surface area (Å²) < 4.78 is 2.11. The number of aryl methyl sites for hydroxylation is 1. The van der Waals surface area contributed by atoms with Crippen LogP contribution in [-0.2, 0) is 7.05 Å². The van der Waals surface area contributed by atoms with Gasteiger partial charge in [0.05, 0.1) is 5.56 Å². The van der Waals surface area contributed by atoms with Crippen LogP contribution in [0.4, 0.5) is 0 Å². The van der Waals surface area contributed by atoms with Gasteiger partial charge in [-0.05, 0) is 18.9 Å². The number of rotatable bonds is 2. The lowest BCUT2D eigenvalue weighted by Gasteiger charge is -2.17. The number of hydrogen-bond acceptors (Lipinski definition) is 1. The summed E-state index contributed by atoms with van der Waals surface area (Å²) in [4.78, 5) is 11.8. The summed E-state index contributed by atoms with van der Waals surface area (Å²) in [7, 11) is 2.01. The van der Waals surface area contributed by atoms with Crippen molar-refractivity contribution in [3.8, 4) is 0 Å². The van der Waals surface area contributed by atoms with Crippen LogP contribution >= 0.6 is 0 Å². The van der Waals surface area contributed by atoms with Gasteiger partial charge in [-0.15, -0.1) is 0 Å². The number of benzene rings is 1. The maximum Gasteiger partial charge on any atom is 0.338 e. The predicted molar refractivity (Wildman–Crippen MR) is 80.3 cm³/mol. The van der Waals surface area contributed by atoms with Crippen molar-refractivity contribution in [2.24, 2.45) is 7.05 Å². The Hall–Kier alpha value is -1.77. The lowest BCUT2D eigenvalue weighted by molar-refractivity contribution is 0.0696. The van der Waals surface area contributed by atoms with Gasteiger partial charge in [-0.2, -0.15) is 0 Å². The van der Waals surface area contributed by atoms with Crippen LogP contribution in [0.5, 0.6) is 0 Å². The Morgan fingerprint density at radius 3 is 2.45 bits per heavy atom. The molecule has 1 aliphatic carbocycles. The largest absolute Gasteiger partial charge is 0.478 e. The molecule has 0 amide bonds. The summed E-state index contributed by atoms with van der Waals surface area (Å²) >= 11 is 0. The summed E-state index contributed by atoms with van der Waals surface area (Å²) in [5.41, 5.74) is 2.58. The maximum atomic E-state index is 11.8. The second kappa shape index (κ2) is 5.31. The van der Waals surface area contributed by atoms with E-state index in [1.807, 2.05) is 31.3 Å². The van der Waals surface area contributed by atoms with E-state index in [0.717, 1.165) is 29.4 Å². The average Bonchev–Trinajstić information content (AvgIpc) is 2.62. The number of para-hydroxylation sites is 1. The van der Waals surface area contributed by atoms with E-state index in [-0.39, 0.29) is 0 Å². The topological polar surface area (TPSA) is 42.2 Å². The highest BCUT2D eigenvalue weighted by atomic mass is 16.4. The highest BCUT2D eigenvalue weighted by Gasteiger charge is 2.26. The molecule has 0 radical (unpaired) electrons. The van der Waals surface area contributed by atoms with Gasteiger partial charge in [-0.1, -0.05) is 43.9 Å². The molecule has 1 aromatic carbocycles. The third-order valence-corrected chi connectivity index (χ3v) is 4.61. The molecule has 0 bridgehead atoms. The van der Waals surface area contributed by atoms with Crippen molar-refractivity contribution in [2.75, 3.05) is 0 Å². The zero-order valence-electron chi connectivity index (χ0n) is 11.9. The van der Waals surface area contributed by atoms with E-state index in [9.17, 15) is 9.90 Å². The monoisotopic (exact) mass is 271 g/mol. The van der Waals surface area contributed by atoms with E-state index >= 15 is 0 Å². The van der Waals surface area contributed by atoms with Gasteiger partial charge in [0.2, 0.25) is 0 Å². The first-order valence-corrected chi connectivity index (χ1v) is 7.50. The molecule has 0 atom stereocenters. The number of carbonyl (C=O) groups is 1. The molecule has 1 aromatic heterocycles. The molecule has 0 saturated heterocycles. The number of fused-ring (bicyclic) bond motifs is 1. The SMILES string of the molecule is Cn1c(C2CCCCCC2)c(C(=O)O)c2ccccc21. The molecule has 106 valence electrons. The number of carboxylic acids is 1. The molecule has 1 N–H and O–H groups in total. The van der Waals surface area contributed by atoms with E-state index in [0.29, 0.717) is 11.5 Å². The molecule has 0 aliphatic heterocycles. The van der Waals surface area contributed by atoms with E-state index < -0.39 is 5.97 Å². The van der Waals surface area contributed by atoms with Crippen molar-refractivity contribution in [3.63, 3.8) is 0 Å². The smallest absolute Gasteiger partial charge is 0.338 e. The van der Waals surface area contributed by atoms with Gasteiger partial charge in [0.15, 0.2) is 0 Å². The van der Waals surface area contributed by atoms with Crippen molar-refractivity contribution < 1.29 is 9.90 Å². The van der Waals surface area contributed by atoms with Crippen molar-refractivity contribution in [1.82, 2.24) is 4.57 Å². The maximum absolute atomic E-state index is 11.8. The van der Waals surface area contributed by atoms with Crippen LogP contribution in [0, 0.1) is 0 Å². The van der Waals surface area contributed by atoms with Gasteiger partial charge < -0.3 is 9.67 Å². The minimum atomic E-state index is -0.791. The summed E-state index contributed by atoms with van der Waals surface area (Å²) in [6, 6.07) is 7.84. The van der Waals surface area contributed by atoms with Crippen molar-refractivity contribution >= 4 is 16.9 Å². The molecule has 1 saturated carbocycles. The Morgan fingerprint density at radius 2 is 1.80 bits per heavy atom. The molecule has 1 aliphatic rings. The first-order valence-electron chi connectivity index (χ1n) is 7.50. The number of nitrogens with zero attached hydrogens (tertiary/aromatic N) is 1. The minimum absolute atomic E-state index is 0.390. The fourth-order valence-corrected chi connectivity index (χ4v) is 3.67. The first-order chi connectivity index (χ1) is 9.70. The molecule has 1 heterocycles. The summed E-state index contributed by atoms with van der Waals surface area (Å²) in [5.74, 6) is -0.401. The van der Waals surface area contributed by atoms with Crippen LogP contribution in [0.3, 0.4) is 0 Å². The van der Waals surface area contributed by atoms with Crippen LogP contribution < -0.4 is 0 Å². The predicted octanol–water partition coefficient (Wildman–Crippen LogP) is 4.31. The third-order valence-electron chi connectivity index (χ3n) is 4.61. The van der Waals surface area contributed by atoms with Crippen molar-refractivity contribution in [2.45, 2.75) is 44.4 Å². The lowest BCUT2D eigenvalue weighted by atomic mass is 9.93. The van der Waals surface area contributed by atoms with Crippen LogP contribution in [0.15, 0.2) is 24.3 Å². The molecular weight excluding hydrogens is 250 g/mol. The van der Waals surface area contributed by atoms with Crippen LogP contribution in [0.1, 0.15) is 60.5 Å². The number of hydrogen-bond donors (Lipinski definition) is 1. The van der Waals surface area contributed by atoms with Crippen LogP contribution in [0.25, 0.3) is 10.9 Å². The molecule has 3 heteroatoms. The standard InChI is InChI=1S/C17H21NO2/c1-18-14-11-7-6-10-13(14)15(17(19)20)16(18)12-8-4-2-3-5-9-12/h6-7,10-12H,2-5,8-9H2,1H3,(H,19,20). The lowest BCUT2D eigenvalue weighted by Crippen LogP contribution is -2.10. The van der Waals surface area contributed by atoms with Crippen molar-refractivity contribution in [1.29, 1.82) is 0 Å². The zero-order valence-corrected chi connectivity index (χ0v) is 11.9. The van der Waals surface area contributed by atoms with Gasteiger partial charge in [0, 0.05) is 29.6 Å². The minimum Gasteiger partial charge on any atom is -0.478 e. The third kappa shape index (κ3) is 2.11. The molecule has 3 rings (SSSR count). The first kappa shape index (κ1) is 13.2. The molecule has 1 fully saturated rings. The summed E-state index contributed by atoms with van der Waals surface area (Å²) in [6.07, 6.45) is 7.22. The number of aromatic carboxylic acids is 1. The number of aromatic nitrogens is 1. The Morgan fingerprint density at radius 1 is 1.15 bits per heavy atom. The van der Waals surface area contributed by atoms with E-state index in [1.54, 1.807) is 0 Å². The molecule has 0 unspecified atom stereocenters. The van der Waals surface area contributed by atoms with Gasteiger partial charge in [-0.3, -0.25) is 0 Å². The van der Waals surface area contributed by atoms with Gasteiger partial charge >= 0.3 is 5.97 Å². The fraction of sp³-hybridized carbons (Fsp3) is 0.471. The average molecular weight is 271 g/mol. The molecule has 20 heavy (non-hydrogen) atoms. The molecular formula is C17H21NO2. The van der Waals surface area contributed by atoms with Gasteiger partial charge in [0.1, 0.15) is 0 Å². The van der Waals surface area contributed by atoms with Gasteiger partial charge in [0.25, 0.3) is 0 Å². The fourth-order valence-electron chi connectivity index (χ4n) is 3.67. The highest BCUT2D eigenvalue weighted by molar-refractivity contribution is 6.05. The van der Waals surface area contributed by atoms with Crippen molar-refractivity contribution in [3.05, 3.63) is 35.5 Å². The molecule has 3 nitrogen and oxygen atoms in total. The molecule has 0 spiro atoms. The Labute approximate surface area is 119 Å². The second-order valence-electron chi connectivity index (χ2n) is 5.83. The summed E-state index contributed by atoms with van der Waals surface area (Å²) in [5, 5.41) is 10.5. The number of carboxylic acid groups (broad SMARTS) is 1. The highest BCUT2D eigenvalue weighted by Crippen LogP contribution is 2.37. The Kier molecular flexibility index (Phi) is 3.51. The molecule has 2 aromatic rings. The van der Waals surface area contributed by atoms with E-state index in [1.165, 1.54) is 25.7 Å².